The minimum Gasteiger partial charge on any atom is -0.505 e. The van der Waals surface area contributed by atoms with Crippen LogP contribution in [0.1, 0.15) is 12.2 Å². The van der Waals surface area contributed by atoms with Crippen molar-refractivity contribution >= 4 is 18.7 Å². The van der Waals surface area contributed by atoms with Gasteiger partial charge in [-0.05, 0) is 18.2 Å². The van der Waals surface area contributed by atoms with E-state index in [2.05, 4.69) is 22.6 Å². The highest BCUT2D eigenvalue weighted by Gasteiger charge is 1.89. The Kier molecular flexibility index (Phi) is 3.60. The summed E-state index contributed by atoms with van der Waals surface area (Å²) in [5, 5.41) is 8.87. The Morgan fingerprint density at radius 3 is 2.67 bits per heavy atom. The quantitative estimate of drug-likeness (QED) is 0.697. The van der Waals surface area contributed by atoms with Crippen molar-refractivity contribution in [1.29, 1.82) is 0 Å². The van der Waals surface area contributed by atoms with Crippen molar-refractivity contribution < 1.29 is 5.11 Å². The van der Waals surface area contributed by atoms with Crippen LogP contribution in [-0.4, -0.2) is 20.8 Å². The van der Waals surface area contributed by atoms with Crippen LogP contribution in [0.2, 0.25) is 0 Å². The second-order valence-electron chi connectivity index (χ2n) is 2.21. The molecule has 3 nitrogen and oxygen atoms in total. The van der Waals surface area contributed by atoms with Crippen LogP contribution in [-0.2, 0) is 0 Å². The van der Waals surface area contributed by atoms with E-state index in [0.717, 1.165) is 12.2 Å². The van der Waals surface area contributed by atoms with Gasteiger partial charge in [-0.1, -0.05) is 6.08 Å². The molecule has 0 aromatic carbocycles. The lowest BCUT2D eigenvalue weighted by molar-refractivity contribution is 0.469. The van der Waals surface area contributed by atoms with Crippen LogP contribution < -0.4 is 0 Å². The van der Waals surface area contributed by atoms with Gasteiger partial charge in [-0.25, -0.2) is 9.97 Å². The summed E-state index contributed by atoms with van der Waals surface area (Å²) in [6.07, 6.45) is 7.38. The molecule has 0 aliphatic carbocycles. The average Bonchev–Trinajstić information content (AvgIpc) is 2.09. The van der Waals surface area contributed by atoms with E-state index < -0.39 is 0 Å². The van der Waals surface area contributed by atoms with E-state index >= 15 is 0 Å². The highest BCUT2D eigenvalue weighted by atomic mass is 32.1. The van der Waals surface area contributed by atoms with E-state index in [1.165, 1.54) is 12.4 Å². The van der Waals surface area contributed by atoms with Crippen molar-refractivity contribution in [3.8, 4) is 5.75 Å². The molecule has 4 heteroatoms. The van der Waals surface area contributed by atoms with Crippen molar-refractivity contribution in [3.05, 3.63) is 24.3 Å². The largest absolute Gasteiger partial charge is 0.505 e. The van der Waals surface area contributed by atoms with E-state index in [1.807, 2.05) is 6.08 Å². The Bertz CT molecular complexity index is 258. The van der Waals surface area contributed by atoms with E-state index in [9.17, 15) is 0 Å². The molecule has 0 aliphatic heterocycles. The fourth-order valence-electron chi connectivity index (χ4n) is 0.681. The molecule has 0 saturated carbocycles. The number of allylic oxidation sites excluding steroid dienone is 1. The highest BCUT2D eigenvalue weighted by molar-refractivity contribution is 7.80. The van der Waals surface area contributed by atoms with E-state index in [-0.39, 0.29) is 5.75 Å². The predicted molar refractivity (Wildman–Crippen MR) is 51.2 cm³/mol. The van der Waals surface area contributed by atoms with Crippen LogP contribution in [0, 0.1) is 0 Å². The van der Waals surface area contributed by atoms with Crippen molar-refractivity contribution in [3.63, 3.8) is 0 Å². The average molecular weight is 182 g/mol. The summed E-state index contributed by atoms with van der Waals surface area (Å²) in [7, 11) is 0. The lowest BCUT2D eigenvalue weighted by Gasteiger charge is -1.91. The summed E-state index contributed by atoms with van der Waals surface area (Å²) in [4.78, 5) is 7.75. The molecule has 0 fully saturated rings. The Morgan fingerprint density at radius 2 is 2.08 bits per heavy atom. The molecule has 0 unspecified atom stereocenters. The fourth-order valence-corrected chi connectivity index (χ4v) is 0.830. The van der Waals surface area contributed by atoms with Crippen molar-refractivity contribution in [2.75, 3.05) is 5.75 Å². The monoisotopic (exact) mass is 182 g/mol. The van der Waals surface area contributed by atoms with E-state index in [1.54, 1.807) is 6.08 Å². The summed E-state index contributed by atoms with van der Waals surface area (Å²) < 4.78 is 0. The van der Waals surface area contributed by atoms with Crippen molar-refractivity contribution in [2.45, 2.75) is 6.42 Å². The van der Waals surface area contributed by atoms with Crippen LogP contribution in [0.5, 0.6) is 5.75 Å². The first-order valence-electron chi connectivity index (χ1n) is 3.61. The molecule has 0 amide bonds. The lowest BCUT2D eigenvalue weighted by atomic mass is 10.4. The molecule has 0 spiro atoms. The molecular weight excluding hydrogens is 172 g/mol. The van der Waals surface area contributed by atoms with Gasteiger partial charge in [0.15, 0.2) is 11.6 Å². The molecule has 0 saturated heterocycles. The molecular formula is C8H10N2OS. The van der Waals surface area contributed by atoms with Gasteiger partial charge in [0.2, 0.25) is 0 Å². The fraction of sp³-hybridized carbons (Fsp3) is 0.250. The lowest BCUT2D eigenvalue weighted by Crippen LogP contribution is -1.84. The number of hydrogen-bond donors (Lipinski definition) is 2. The maximum absolute atomic E-state index is 8.87. The number of thiol groups is 1. The third-order valence-corrected chi connectivity index (χ3v) is 1.48. The molecule has 0 aliphatic rings. The summed E-state index contributed by atoms with van der Waals surface area (Å²) in [6, 6.07) is 0. The molecule has 1 N–H and O–H groups in total. The molecule has 1 aromatic rings. The minimum atomic E-state index is 0.0846. The Hall–Kier alpha value is -1.03. The van der Waals surface area contributed by atoms with Gasteiger partial charge in [-0.15, -0.1) is 0 Å². The van der Waals surface area contributed by atoms with Crippen molar-refractivity contribution in [2.24, 2.45) is 0 Å². The first kappa shape index (κ1) is 9.06. The van der Waals surface area contributed by atoms with Gasteiger partial charge in [0.25, 0.3) is 0 Å². The number of rotatable bonds is 3. The first-order valence-corrected chi connectivity index (χ1v) is 4.24. The number of nitrogens with zero attached hydrogens (tertiary/aromatic N) is 2. The molecule has 1 rings (SSSR count). The maximum atomic E-state index is 8.87. The zero-order chi connectivity index (χ0) is 8.81. The highest BCUT2D eigenvalue weighted by Crippen LogP contribution is 2.03. The normalized spacial score (nSPS) is 10.8. The third kappa shape index (κ3) is 2.92. The maximum Gasteiger partial charge on any atom is 0.152 e. The van der Waals surface area contributed by atoms with Crippen LogP contribution in [0.25, 0.3) is 6.08 Å². The Morgan fingerprint density at radius 1 is 1.42 bits per heavy atom. The summed E-state index contributed by atoms with van der Waals surface area (Å²) in [5.74, 6) is 1.50. The SMILES string of the molecule is Oc1cnc(C=CCCS)nc1. The molecule has 64 valence electrons. The van der Waals surface area contributed by atoms with Gasteiger partial charge < -0.3 is 5.11 Å². The summed E-state index contributed by atoms with van der Waals surface area (Å²) >= 11 is 4.05. The second-order valence-corrected chi connectivity index (χ2v) is 2.66. The zero-order valence-corrected chi connectivity index (χ0v) is 7.41. The van der Waals surface area contributed by atoms with Crippen LogP contribution in [0.15, 0.2) is 18.5 Å². The smallest absolute Gasteiger partial charge is 0.152 e. The number of aromatic hydroxyl groups is 1. The molecule has 0 radical (unpaired) electrons. The van der Waals surface area contributed by atoms with E-state index in [0.29, 0.717) is 5.82 Å². The van der Waals surface area contributed by atoms with Gasteiger partial charge in [-0.2, -0.15) is 12.6 Å². The van der Waals surface area contributed by atoms with Crippen LogP contribution >= 0.6 is 12.6 Å². The van der Waals surface area contributed by atoms with Crippen molar-refractivity contribution in [1.82, 2.24) is 9.97 Å². The molecule has 0 bridgehead atoms. The predicted octanol–water partition coefficient (Wildman–Crippen LogP) is 1.52. The minimum absolute atomic E-state index is 0.0846. The van der Waals surface area contributed by atoms with E-state index in [4.69, 9.17) is 5.11 Å². The summed E-state index contributed by atoms with van der Waals surface area (Å²) in [5.41, 5.74) is 0. The standard InChI is InChI=1S/C8H10N2OS/c11-7-5-9-8(10-6-7)3-1-2-4-12/h1,3,5-6,11-12H,2,4H2. The second kappa shape index (κ2) is 4.77. The van der Waals surface area contributed by atoms with Gasteiger partial charge in [-0.3, -0.25) is 0 Å². The molecule has 0 atom stereocenters. The topological polar surface area (TPSA) is 46.0 Å². The first-order chi connectivity index (χ1) is 5.83. The van der Waals surface area contributed by atoms with Gasteiger partial charge in [0.05, 0.1) is 12.4 Å². The van der Waals surface area contributed by atoms with Crippen LogP contribution in [0.4, 0.5) is 0 Å². The Labute approximate surface area is 76.6 Å². The number of aromatic nitrogens is 2. The summed E-state index contributed by atoms with van der Waals surface area (Å²) in [6.45, 7) is 0. The number of hydrogen-bond acceptors (Lipinski definition) is 4. The van der Waals surface area contributed by atoms with Gasteiger partial charge in [0, 0.05) is 0 Å². The van der Waals surface area contributed by atoms with Gasteiger partial charge in [0.1, 0.15) is 0 Å². The molecule has 12 heavy (non-hydrogen) atoms. The van der Waals surface area contributed by atoms with Crippen LogP contribution in [0.3, 0.4) is 0 Å². The Balaban J connectivity index is 2.58. The van der Waals surface area contributed by atoms with Gasteiger partial charge >= 0.3 is 0 Å². The third-order valence-electron chi connectivity index (χ3n) is 1.22. The molecule has 1 heterocycles. The molecule has 1 aromatic heterocycles. The zero-order valence-electron chi connectivity index (χ0n) is 6.51.